The molecule has 0 aliphatic rings. The number of pyridine rings is 1. The van der Waals surface area contributed by atoms with Crippen LogP contribution in [0.3, 0.4) is 0 Å². The van der Waals surface area contributed by atoms with Crippen molar-refractivity contribution in [3.63, 3.8) is 0 Å². The Bertz CT molecular complexity index is 534. The average molecular weight is 286 g/mol. The highest BCUT2D eigenvalue weighted by Gasteiger charge is 2.10. The average Bonchev–Trinajstić information content (AvgIpc) is 2.53. The Morgan fingerprint density at radius 1 is 1.10 bits per heavy atom. The minimum absolute atomic E-state index is 0.104. The SMILES string of the molecule is CCCCc1ccc(NC(CC)c2ccc(F)cn2)cc1. The van der Waals surface area contributed by atoms with Gasteiger partial charge < -0.3 is 5.32 Å². The molecule has 2 aromatic rings. The van der Waals surface area contributed by atoms with Crippen molar-refractivity contribution in [3.8, 4) is 0 Å². The Morgan fingerprint density at radius 3 is 2.43 bits per heavy atom. The molecule has 1 heterocycles. The van der Waals surface area contributed by atoms with Crippen LogP contribution in [0.4, 0.5) is 10.1 Å². The Kier molecular flexibility index (Phi) is 5.73. The molecule has 1 aromatic carbocycles. The summed E-state index contributed by atoms with van der Waals surface area (Å²) in [5.74, 6) is -0.297. The van der Waals surface area contributed by atoms with Crippen LogP contribution in [0.5, 0.6) is 0 Å². The van der Waals surface area contributed by atoms with E-state index in [4.69, 9.17) is 0 Å². The van der Waals surface area contributed by atoms with E-state index in [2.05, 4.69) is 48.4 Å². The van der Waals surface area contributed by atoms with Crippen molar-refractivity contribution in [2.75, 3.05) is 5.32 Å². The molecule has 0 fully saturated rings. The number of unbranched alkanes of at least 4 members (excludes halogenated alkanes) is 1. The van der Waals surface area contributed by atoms with E-state index in [1.165, 1.54) is 30.7 Å². The highest BCUT2D eigenvalue weighted by Crippen LogP contribution is 2.21. The minimum Gasteiger partial charge on any atom is -0.377 e. The summed E-state index contributed by atoms with van der Waals surface area (Å²) < 4.78 is 12.9. The molecule has 1 N–H and O–H groups in total. The minimum atomic E-state index is -0.297. The smallest absolute Gasteiger partial charge is 0.141 e. The number of hydrogen-bond acceptors (Lipinski definition) is 2. The fourth-order valence-electron chi connectivity index (χ4n) is 2.33. The second-order valence-electron chi connectivity index (χ2n) is 5.31. The number of rotatable bonds is 7. The molecule has 3 heteroatoms. The Balaban J connectivity index is 2.02. The van der Waals surface area contributed by atoms with Gasteiger partial charge in [-0.2, -0.15) is 0 Å². The van der Waals surface area contributed by atoms with E-state index in [0.717, 1.165) is 24.2 Å². The second-order valence-corrected chi connectivity index (χ2v) is 5.31. The molecule has 0 spiro atoms. The molecule has 0 aliphatic carbocycles. The number of benzene rings is 1. The van der Waals surface area contributed by atoms with Gasteiger partial charge in [0.2, 0.25) is 0 Å². The predicted octanol–water partition coefficient (Wildman–Crippen LogP) is 5.13. The van der Waals surface area contributed by atoms with Gasteiger partial charge >= 0.3 is 0 Å². The molecule has 0 saturated carbocycles. The first-order chi connectivity index (χ1) is 10.2. The quantitative estimate of drug-likeness (QED) is 0.763. The van der Waals surface area contributed by atoms with Crippen LogP contribution < -0.4 is 5.32 Å². The Labute approximate surface area is 126 Å². The number of aromatic nitrogens is 1. The largest absolute Gasteiger partial charge is 0.377 e. The van der Waals surface area contributed by atoms with Crippen LogP contribution in [0, 0.1) is 5.82 Å². The third-order valence-corrected chi connectivity index (χ3v) is 3.63. The van der Waals surface area contributed by atoms with Crippen LogP contribution in [0.25, 0.3) is 0 Å². The van der Waals surface area contributed by atoms with E-state index in [1.807, 2.05) is 0 Å². The normalized spacial score (nSPS) is 12.1. The summed E-state index contributed by atoms with van der Waals surface area (Å²) in [6.45, 7) is 4.30. The number of hydrogen-bond donors (Lipinski definition) is 1. The molecule has 1 atom stereocenters. The highest BCUT2D eigenvalue weighted by atomic mass is 19.1. The van der Waals surface area contributed by atoms with E-state index in [-0.39, 0.29) is 11.9 Å². The lowest BCUT2D eigenvalue weighted by molar-refractivity contribution is 0.614. The summed E-state index contributed by atoms with van der Waals surface area (Å²) in [5.41, 5.74) is 3.32. The van der Waals surface area contributed by atoms with Gasteiger partial charge in [-0.05, 0) is 49.1 Å². The zero-order valence-electron chi connectivity index (χ0n) is 12.8. The molecule has 0 amide bonds. The number of anilines is 1. The summed E-state index contributed by atoms with van der Waals surface area (Å²) in [6, 6.07) is 11.9. The van der Waals surface area contributed by atoms with Gasteiger partial charge in [0, 0.05) is 5.69 Å². The lowest BCUT2D eigenvalue weighted by Gasteiger charge is -2.18. The number of nitrogens with zero attached hydrogens (tertiary/aromatic N) is 1. The zero-order valence-corrected chi connectivity index (χ0v) is 12.8. The number of aryl methyl sites for hydroxylation is 1. The number of nitrogens with one attached hydrogen (secondary N) is 1. The van der Waals surface area contributed by atoms with E-state index in [9.17, 15) is 4.39 Å². The van der Waals surface area contributed by atoms with Crippen LogP contribution in [0.1, 0.15) is 50.4 Å². The topological polar surface area (TPSA) is 24.9 Å². The summed E-state index contributed by atoms with van der Waals surface area (Å²) in [6.07, 6.45) is 5.75. The maximum atomic E-state index is 12.9. The summed E-state index contributed by atoms with van der Waals surface area (Å²) in [4.78, 5) is 4.17. The standard InChI is InChI=1S/C18H23FN2/c1-3-5-6-14-7-10-16(11-8-14)21-17(4-2)18-12-9-15(19)13-20-18/h7-13,17,21H,3-6H2,1-2H3. The fourth-order valence-corrected chi connectivity index (χ4v) is 2.33. The molecule has 1 unspecified atom stereocenters. The first-order valence-electron chi connectivity index (χ1n) is 7.69. The van der Waals surface area contributed by atoms with Crippen LogP contribution in [-0.2, 0) is 6.42 Å². The van der Waals surface area contributed by atoms with Crippen LogP contribution in [0.15, 0.2) is 42.6 Å². The molecule has 112 valence electrons. The maximum absolute atomic E-state index is 12.9. The van der Waals surface area contributed by atoms with Gasteiger partial charge in [0.05, 0.1) is 17.9 Å². The van der Waals surface area contributed by atoms with E-state index in [0.29, 0.717) is 0 Å². The molecule has 0 aliphatic heterocycles. The van der Waals surface area contributed by atoms with Crippen molar-refractivity contribution in [2.45, 2.75) is 45.6 Å². The molecular weight excluding hydrogens is 263 g/mol. The third kappa shape index (κ3) is 4.55. The first-order valence-corrected chi connectivity index (χ1v) is 7.69. The lowest BCUT2D eigenvalue weighted by Crippen LogP contribution is -2.11. The first kappa shape index (κ1) is 15.5. The maximum Gasteiger partial charge on any atom is 0.141 e. The molecular formula is C18H23FN2. The fraction of sp³-hybridized carbons (Fsp3) is 0.389. The van der Waals surface area contributed by atoms with Crippen molar-refractivity contribution >= 4 is 5.69 Å². The van der Waals surface area contributed by atoms with Crippen molar-refractivity contribution < 1.29 is 4.39 Å². The van der Waals surface area contributed by atoms with Gasteiger partial charge in [0.15, 0.2) is 0 Å². The van der Waals surface area contributed by atoms with E-state index >= 15 is 0 Å². The molecule has 2 nitrogen and oxygen atoms in total. The van der Waals surface area contributed by atoms with Gasteiger partial charge in [0.25, 0.3) is 0 Å². The van der Waals surface area contributed by atoms with Crippen molar-refractivity contribution in [3.05, 3.63) is 59.7 Å². The monoisotopic (exact) mass is 286 g/mol. The van der Waals surface area contributed by atoms with E-state index in [1.54, 1.807) is 6.07 Å². The summed E-state index contributed by atoms with van der Waals surface area (Å²) >= 11 is 0. The second kappa shape index (κ2) is 7.77. The number of halogens is 1. The lowest BCUT2D eigenvalue weighted by atomic mass is 10.1. The molecule has 2 rings (SSSR count). The molecule has 0 bridgehead atoms. The molecule has 21 heavy (non-hydrogen) atoms. The van der Waals surface area contributed by atoms with Gasteiger partial charge in [-0.25, -0.2) is 4.39 Å². The van der Waals surface area contributed by atoms with Crippen LogP contribution in [0.2, 0.25) is 0 Å². The summed E-state index contributed by atoms with van der Waals surface area (Å²) in [5, 5.41) is 3.46. The van der Waals surface area contributed by atoms with Gasteiger partial charge in [0.1, 0.15) is 5.82 Å². The van der Waals surface area contributed by atoms with Crippen molar-refractivity contribution in [2.24, 2.45) is 0 Å². The summed E-state index contributed by atoms with van der Waals surface area (Å²) in [7, 11) is 0. The molecule has 0 saturated heterocycles. The van der Waals surface area contributed by atoms with Crippen LogP contribution in [-0.4, -0.2) is 4.98 Å². The molecule has 0 radical (unpaired) electrons. The van der Waals surface area contributed by atoms with E-state index < -0.39 is 0 Å². The van der Waals surface area contributed by atoms with Crippen molar-refractivity contribution in [1.82, 2.24) is 4.98 Å². The van der Waals surface area contributed by atoms with Gasteiger partial charge in [-0.3, -0.25) is 4.98 Å². The zero-order chi connectivity index (χ0) is 15.1. The van der Waals surface area contributed by atoms with Gasteiger partial charge in [-0.1, -0.05) is 32.4 Å². The predicted molar refractivity (Wildman–Crippen MR) is 85.9 cm³/mol. The Hall–Kier alpha value is -1.90. The van der Waals surface area contributed by atoms with Crippen LogP contribution >= 0.6 is 0 Å². The van der Waals surface area contributed by atoms with Crippen molar-refractivity contribution in [1.29, 1.82) is 0 Å². The highest BCUT2D eigenvalue weighted by molar-refractivity contribution is 5.46. The molecule has 1 aromatic heterocycles. The van der Waals surface area contributed by atoms with Gasteiger partial charge in [-0.15, -0.1) is 0 Å². The third-order valence-electron chi connectivity index (χ3n) is 3.63. The Morgan fingerprint density at radius 2 is 1.86 bits per heavy atom.